The van der Waals surface area contributed by atoms with E-state index in [0.29, 0.717) is 4.39 Å². The van der Waals surface area contributed by atoms with Gasteiger partial charge in [-0.1, -0.05) is 0 Å². The molecule has 0 bridgehead atoms. The number of rotatable bonds is 1. The van der Waals surface area contributed by atoms with Crippen LogP contribution < -0.4 is 0 Å². The van der Waals surface area contributed by atoms with Gasteiger partial charge in [-0.15, -0.1) is 0 Å². The summed E-state index contributed by atoms with van der Waals surface area (Å²) in [5.41, 5.74) is 0. The monoisotopic (exact) mass is 254 g/mol. The van der Waals surface area contributed by atoms with E-state index in [9.17, 15) is 0 Å². The first-order valence-electron chi connectivity index (χ1n) is 1.39. The van der Waals surface area contributed by atoms with E-state index in [1.165, 1.54) is 0 Å². The minimum atomic E-state index is 0.668. The predicted molar refractivity (Wildman–Crippen MR) is 14.2 cm³/mol. The zero-order chi connectivity index (χ0) is 4.28. The van der Waals surface area contributed by atoms with Gasteiger partial charge in [0.1, 0.15) is 0 Å². The van der Waals surface area contributed by atoms with Crippen LogP contribution in [0.25, 0.3) is 0 Å². The molecule has 1 atom stereocenters. The molecule has 0 saturated carbocycles. The van der Waals surface area contributed by atoms with Crippen LogP contribution in [0.5, 0.6) is 0 Å². The van der Waals surface area contributed by atoms with E-state index in [1.807, 2.05) is 0 Å². The van der Waals surface area contributed by atoms with Gasteiger partial charge in [0.25, 0.3) is 0 Å². The standard InChI is InChI=1S/C3H6.2Pd/c1-3-2;;/h3H,1H2,2H3;;. The van der Waals surface area contributed by atoms with E-state index in [2.05, 4.69) is 45.3 Å². The maximum absolute atomic E-state index is 3.11. The third-order valence-electron chi connectivity index (χ3n) is 0.170. The second-order valence-electron chi connectivity index (χ2n) is 0.849. The average molecular weight is 255 g/mol. The zero-order valence-corrected chi connectivity index (χ0v) is 6.03. The molecular weight excluding hydrogens is 249 g/mol. The van der Waals surface area contributed by atoms with Gasteiger partial charge in [0.05, 0.1) is 0 Å². The van der Waals surface area contributed by atoms with Crippen molar-refractivity contribution in [2.24, 2.45) is 0 Å². The van der Waals surface area contributed by atoms with Crippen LogP contribution in [0.2, 0.25) is 9.28 Å². The van der Waals surface area contributed by atoms with Gasteiger partial charge in [0.15, 0.2) is 0 Å². The van der Waals surface area contributed by atoms with E-state index in [-0.39, 0.29) is 0 Å². The van der Waals surface area contributed by atoms with Gasteiger partial charge in [0.2, 0.25) is 0 Å². The quantitative estimate of drug-likeness (QED) is 0.619. The Balaban J connectivity index is 2.54. The van der Waals surface area contributed by atoms with E-state index < -0.39 is 0 Å². The van der Waals surface area contributed by atoms with Crippen molar-refractivity contribution in [3.8, 4) is 0 Å². The Labute approximate surface area is 54.5 Å². The Hall–Kier alpha value is 1.32. The van der Waals surface area contributed by atoms with Gasteiger partial charge in [-0.2, -0.15) is 0 Å². The summed E-state index contributed by atoms with van der Waals surface area (Å²) >= 11 is 6.16. The van der Waals surface area contributed by atoms with Crippen molar-refractivity contribution in [1.82, 2.24) is 0 Å². The van der Waals surface area contributed by atoms with Crippen LogP contribution in [-0.2, 0) is 38.4 Å². The third kappa shape index (κ3) is 5.32. The SMILES string of the molecule is C[CH]([Pd])[CH2][Pd]. The molecule has 0 aliphatic carbocycles. The van der Waals surface area contributed by atoms with Crippen LogP contribution in [0.4, 0.5) is 0 Å². The Kier molecular flexibility index (Phi) is 4.44. The van der Waals surface area contributed by atoms with Crippen LogP contribution >= 0.6 is 0 Å². The molecule has 0 aromatic heterocycles. The molecule has 0 aromatic carbocycles. The number of hydrogen-bond acceptors (Lipinski definition) is 0. The molecule has 0 fully saturated rings. The van der Waals surface area contributed by atoms with Gasteiger partial charge >= 0.3 is 54.6 Å². The molecule has 5 heavy (non-hydrogen) atoms. The molecule has 38 valence electrons. The summed E-state index contributed by atoms with van der Waals surface area (Å²) in [6, 6.07) is 0. The zero-order valence-electron chi connectivity index (χ0n) is 2.92. The Bertz CT molecular complexity index is 18.9. The van der Waals surface area contributed by atoms with Gasteiger partial charge in [-0.25, -0.2) is 0 Å². The summed E-state index contributed by atoms with van der Waals surface area (Å²) in [5.74, 6) is 0. The molecule has 0 aromatic rings. The Morgan fingerprint density at radius 3 is 2.00 bits per heavy atom. The average Bonchev–Trinajstić information content (AvgIpc) is 1.38. The molecule has 0 aliphatic heterocycles. The summed E-state index contributed by atoms with van der Waals surface area (Å²) in [4.78, 5) is 1.09. The molecule has 0 rings (SSSR count). The molecule has 0 nitrogen and oxygen atoms in total. The van der Waals surface area contributed by atoms with Gasteiger partial charge in [-0.05, 0) is 0 Å². The molecule has 0 radical (unpaired) electrons. The van der Waals surface area contributed by atoms with Crippen molar-refractivity contribution in [3.05, 3.63) is 0 Å². The van der Waals surface area contributed by atoms with E-state index in [4.69, 9.17) is 0 Å². The maximum atomic E-state index is 3.11. The summed E-state index contributed by atoms with van der Waals surface area (Å²) in [5, 5.41) is 0. The Morgan fingerprint density at radius 2 is 2.00 bits per heavy atom. The van der Waals surface area contributed by atoms with Crippen molar-refractivity contribution >= 4 is 0 Å². The third-order valence-corrected chi connectivity index (χ3v) is 2.19. The van der Waals surface area contributed by atoms with Gasteiger partial charge < -0.3 is 0 Å². The van der Waals surface area contributed by atoms with Crippen molar-refractivity contribution in [1.29, 1.82) is 0 Å². The molecular formula is C3H6Pd2. The van der Waals surface area contributed by atoms with E-state index in [0.717, 1.165) is 4.89 Å². The number of hydrogen-bond donors (Lipinski definition) is 0. The summed E-state index contributed by atoms with van der Waals surface area (Å²) in [7, 11) is 0. The first-order chi connectivity index (χ1) is 2.27. The second-order valence-corrected chi connectivity index (χ2v) is 3.02. The summed E-state index contributed by atoms with van der Waals surface area (Å²) in [6.07, 6.45) is 0. The van der Waals surface area contributed by atoms with Crippen LogP contribution in [0.1, 0.15) is 6.92 Å². The van der Waals surface area contributed by atoms with Gasteiger partial charge in [-0.3, -0.25) is 0 Å². The first-order valence-corrected chi connectivity index (χ1v) is 3.39. The summed E-state index contributed by atoms with van der Waals surface area (Å²) < 4.78 is 0.668. The minimum absolute atomic E-state index is 0.668. The first kappa shape index (κ1) is 6.32. The fraction of sp³-hybridized carbons (Fsp3) is 1.00. The molecule has 0 saturated heterocycles. The molecule has 0 spiro atoms. The van der Waals surface area contributed by atoms with Crippen LogP contribution in [0, 0.1) is 0 Å². The molecule has 1 unspecified atom stereocenters. The molecule has 0 N–H and O–H groups in total. The fourth-order valence-electron chi connectivity index (χ4n) is 0. The summed E-state index contributed by atoms with van der Waals surface area (Å²) in [6.45, 7) is 2.12. The van der Waals surface area contributed by atoms with Crippen LogP contribution in [-0.4, -0.2) is 0 Å². The molecule has 0 heterocycles. The van der Waals surface area contributed by atoms with Crippen LogP contribution in [0.15, 0.2) is 0 Å². The molecule has 0 aliphatic rings. The van der Waals surface area contributed by atoms with Crippen molar-refractivity contribution < 1.29 is 38.4 Å². The predicted octanol–water partition coefficient (Wildman–Crippen LogP) is 1.31. The van der Waals surface area contributed by atoms with E-state index in [1.54, 1.807) is 0 Å². The van der Waals surface area contributed by atoms with Crippen molar-refractivity contribution in [2.45, 2.75) is 16.2 Å². The Morgan fingerprint density at radius 1 is 1.80 bits per heavy atom. The van der Waals surface area contributed by atoms with Crippen LogP contribution in [0.3, 0.4) is 0 Å². The topological polar surface area (TPSA) is 0 Å². The normalized spacial score (nSPS) is 15.4. The van der Waals surface area contributed by atoms with Gasteiger partial charge in [0, 0.05) is 0 Å². The second kappa shape index (κ2) is 3.51. The van der Waals surface area contributed by atoms with Crippen molar-refractivity contribution in [3.63, 3.8) is 0 Å². The van der Waals surface area contributed by atoms with E-state index >= 15 is 0 Å². The fourth-order valence-corrected chi connectivity index (χ4v) is 0. The molecule has 0 amide bonds. The van der Waals surface area contributed by atoms with Crippen molar-refractivity contribution in [2.75, 3.05) is 0 Å². The molecule has 2 heteroatoms.